The Labute approximate surface area is 115 Å². The van der Waals surface area contributed by atoms with Gasteiger partial charge < -0.3 is 9.84 Å². The number of benzene rings is 1. The second-order valence-electron chi connectivity index (χ2n) is 4.20. The Morgan fingerprint density at radius 1 is 1.45 bits per heavy atom. The summed E-state index contributed by atoms with van der Waals surface area (Å²) in [5, 5.41) is 24.5. The molecule has 7 heteroatoms. The summed E-state index contributed by atoms with van der Waals surface area (Å²) in [5.74, 6) is 0.441. The highest BCUT2D eigenvalue weighted by Crippen LogP contribution is 2.35. The van der Waals surface area contributed by atoms with Gasteiger partial charge in [-0.05, 0) is 12.5 Å². The van der Waals surface area contributed by atoms with Crippen molar-refractivity contribution in [1.29, 1.82) is 0 Å². The number of aliphatic hydroxyl groups is 1. The molecule has 0 unspecified atom stereocenters. The number of nitro groups is 1. The summed E-state index contributed by atoms with van der Waals surface area (Å²) in [4.78, 5) is 10.7. The Hall–Kier alpha value is -2.41. The molecule has 0 bridgehead atoms. The summed E-state index contributed by atoms with van der Waals surface area (Å²) in [6.07, 6.45) is 0.440. The van der Waals surface area contributed by atoms with Crippen LogP contribution >= 0.6 is 0 Å². The van der Waals surface area contributed by atoms with Crippen LogP contribution < -0.4 is 4.74 Å². The van der Waals surface area contributed by atoms with Crippen LogP contribution in [0.1, 0.15) is 18.2 Å². The molecule has 0 aliphatic heterocycles. The highest BCUT2D eigenvalue weighted by molar-refractivity contribution is 5.49. The molecular weight excluding hydrogens is 262 g/mol. The van der Waals surface area contributed by atoms with E-state index < -0.39 is 4.92 Å². The van der Waals surface area contributed by atoms with E-state index in [4.69, 9.17) is 4.74 Å². The maximum atomic E-state index is 11.2. The van der Waals surface area contributed by atoms with Crippen LogP contribution in [0.5, 0.6) is 11.6 Å². The van der Waals surface area contributed by atoms with E-state index in [0.717, 1.165) is 0 Å². The van der Waals surface area contributed by atoms with Crippen LogP contribution in [0.3, 0.4) is 0 Å². The third kappa shape index (κ3) is 2.48. The van der Waals surface area contributed by atoms with Crippen molar-refractivity contribution < 1.29 is 14.8 Å². The highest BCUT2D eigenvalue weighted by atomic mass is 16.6. The molecule has 20 heavy (non-hydrogen) atoms. The Bertz CT molecular complexity index is 637. The van der Waals surface area contributed by atoms with Gasteiger partial charge in [-0.1, -0.05) is 25.1 Å². The molecule has 0 aliphatic carbocycles. The minimum atomic E-state index is -0.497. The Balaban J connectivity index is 2.48. The summed E-state index contributed by atoms with van der Waals surface area (Å²) >= 11 is 0. The zero-order valence-corrected chi connectivity index (χ0v) is 11.2. The van der Waals surface area contributed by atoms with Gasteiger partial charge in [0.1, 0.15) is 11.4 Å². The van der Waals surface area contributed by atoms with Crippen LogP contribution in [0, 0.1) is 10.1 Å². The van der Waals surface area contributed by atoms with E-state index in [0.29, 0.717) is 23.4 Å². The van der Waals surface area contributed by atoms with Gasteiger partial charge in [-0.15, -0.1) is 0 Å². The van der Waals surface area contributed by atoms with E-state index in [1.54, 1.807) is 38.2 Å². The van der Waals surface area contributed by atoms with Gasteiger partial charge in [0, 0.05) is 12.6 Å². The number of para-hydroxylation sites is 1. The predicted octanol–water partition coefficient (Wildman–Crippen LogP) is 2.18. The van der Waals surface area contributed by atoms with Gasteiger partial charge in [0.25, 0.3) is 5.88 Å². The molecule has 7 nitrogen and oxygen atoms in total. The molecule has 106 valence electrons. The number of nitrogens with zero attached hydrogens (tertiary/aromatic N) is 3. The lowest BCUT2D eigenvalue weighted by Crippen LogP contribution is -1.99. The van der Waals surface area contributed by atoms with Crippen molar-refractivity contribution in [1.82, 2.24) is 9.78 Å². The lowest BCUT2D eigenvalue weighted by atomic mass is 10.2. The molecule has 0 amide bonds. The number of aromatic nitrogens is 2. The maximum Gasteiger partial charge on any atom is 0.353 e. The summed E-state index contributed by atoms with van der Waals surface area (Å²) in [6, 6.07) is 6.83. The van der Waals surface area contributed by atoms with Crippen LogP contribution in [0.15, 0.2) is 24.3 Å². The topological polar surface area (TPSA) is 90.4 Å². The number of hydrogen-bond donors (Lipinski definition) is 1. The van der Waals surface area contributed by atoms with Gasteiger partial charge in [0.05, 0.1) is 11.5 Å². The van der Waals surface area contributed by atoms with Gasteiger partial charge in [0.2, 0.25) is 0 Å². The van der Waals surface area contributed by atoms with Crippen molar-refractivity contribution in [3.63, 3.8) is 0 Å². The second kappa shape index (κ2) is 5.70. The number of hydrogen-bond acceptors (Lipinski definition) is 5. The fourth-order valence-corrected chi connectivity index (χ4v) is 1.92. The molecule has 0 atom stereocenters. The SMILES string of the molecule is CCc1nn(C)c(Oc2ccccc2CO)c1[N+](=O)[O-]. The third-order valence-corrected chi connectivity index (χ3v) is 2.91. The summed E-state index contributed by atoms with van der Waals surface area (Å²) in [5.41, 5.74) is 0.790. The standard InChI is InChI=1S/C13H15N3O4/c1-3-10-12(16(18)19)13(15(2)14-10)20-11-7-5-4-6-9(11)8-17/h4-7,17H,3,8H2,1-2H3. The van der Waals surface area contributed by atoms with E-state index in [2.05, 4.69) is 5.10 Å². The highest BCUT2D eigenvalue weighted by Gasteiger charge is 2.28. The van der Waals surface area contributed by atoms with Crippen LogP contribution in [-0.4, -0.2) is 19.8 Å². The zero-order valence-electron chi connectivity index (χ0n) is 11.2. The molecular formula is C13H15N3O4. The Morgan fingerprint density at radius 3 is 2.75 bits per heavy atom. The quantitative estimate of drug-likeness (QED) is 0.668. The monoisotopic (exact) mass is 277 g/mol. The normalized spacial score (nSPS) is 10.6. The first-order valence-corrected chi connectivity index (χ1v) is 6.15. The minimum absolute atomic E-state index is 0.0627. The Morgan fingerprint density at radius 2 is 2.15 bits per heavy atom. The van der Waals surface area contributed by atoms with Gasteiger partial charge in [-0.3, -0.25) is 10.1 Å². The van der Waals surface area contributed by atoms with E-state index in [-0.39, 0.29) is 18.2 Å². The molecule has 1 aromatic carbocycles. The summed E-state index contributed by atoms with van der Waals surface area (Å²) < 4.78 is 6.94. The van der Waals surface area contributed by atoms with Crippen LogP contribution in [0.25, 0.3) is 0 Å². The molecule has 1 heterocycles. The molecule has 0 fully saturated rings. The number of aryl methyl sites for hydroxylation is 2. The first-order chi connectivity index (χ1) is 9.58. The number of rotatable bonds is 5. The van der Waals surface area contributed by atoms with Gasteiger partial charge in [0.15, 0.2) is 0 Å². The molecule has 0 saturated heterocycles. The van der Waals surface area contributed by atoms with Gasteiger partial charge in [-0.2, -0.15) is 5.10 Å². The van der Waals surface area contributed by atoms with E-state index in [9.17, 15) is 15.2 Å². The summed E-state index contributed by atoms with van der Waals surface area (Å²) in [7, 11) is 1.59. The van der Waals surface area contributed by atoms with Crippen molar-refractivity contribution in [3.05, 3.63) is 45.6 Å². The zero-order chi connectivity index (χ0) is 14.7. The van der Waals surface area contributed by atoms with Crippen LogP contribution in [-0.2, 0) is 20.1 Å². The van der Waals surface area contributed by atoms with Crippen molar-refractivity contribution in [2.75, 3.05) is 0 Å². The van der Waals surface area contributed by atoms with Crippen molar-refractivity contribution in [2.24, 2.45) is 7.05 Å². The predicted molar refractivity (Wildman–Crippen MR) is 71.7 cm³/mol. The van der Waals surface area contributed by atoms with E-state index >= 15 is 0 Å². The Kier molecular flexibility index (Phi) is 3.99. The molecule has 0 spiro atoms. The van der Waals surface area contributed by atoms with Crippen LogP contribution in [0.2, 0.25) is 0 Å². The van der Waals surface area contributed by atoms with Crippen molar-refractivity contribution >= 4 is 5.69 Å². The summed E-state index contributed by atoms with van der Waals surface area (Å²) in [6.45, 7) is 1.59. The van der Waals surface area contributed by atoms with Gasteiger partial charge in [-0.25, -0.2) is 4.68 Å². The molecule has 2 rings (SSSR count). The number of ether oxygens (including phenoxy) is 1. The van der Waals surface area contributed by atoms with Crippen LogP contribution in [0.4, 0.5) is 5.69 Å². The first-order valence-electron chi connectivity index (χ1n) is 6.15. The average Bonchev–Trinajstić information content (AvgIpc) is 2.76. The third-order valence-electron chi connectivity index (χ3n) is 2.91. The lowest BCUT2D eigenvalue weighted by Gasteiger charge is -2.08. The van der Waals surface area contributed by atoms with Crippen molar-refractivity contribution in [3.8, 4) is 11.6 Å². The molecule has 0 saturated carbocycles. The number of aliphatic hydroxyl groups excluding tert-OH is 1. The van der Waals surface area contributed by atoms with E-state index in [1.807, 2.05) is 0 Å². The first kappa shape index (κ1) is 14.0. The lowest BCUT2D eigenvalue weighted by molar-refractivity contribution is -0.386. The fourth-order valence-electron chi connectivity index (χ4n) is 1.92. The molecule has 1 aromatic heterocycles. The van der Waals surface area contributed by atoms with Crippen molar-refractivity contribution in [2.45, 2.75) is 20.0 Å². The maximum absolute atomic E-state index is 11.2. The molecule has 0 radical (unpaired) electrons. The fraction of sp³-hybridized carbons (Fsp3) is 0.308. The molecule has 2 aromatic rings. The minimum Gasteiger partial charge on any atom is -0.433 e. The van der Waals surface area contributed by atoms with E-state index in [1.165, 1.54) is 4.68 Å². The molecule has 0 aliphatic rings. The smallest absolute Gasteiger partial charge is 0.353 e. The largest absolute Gasteiger partial charge is 0.433 e. The second-order valence-corrected chi connectivity index (χ2v) is 4.20. The average molecular weight is 277 g/mol. The van der Waals surface area contributed by atoms with Gasteiger partial charge >= 0.3 is 5.69 Å². The molecule has 1 N–H and O–H groups in total.